The van der Waals surface area contributed by atoms with Gasteiger partial charge in [0.05, 0.1) is 12.0 Å². The number of carbonyl (C=O) groups excluding carboxylic acids is 1. The number of nitrogens with one attached hydrogen (secondary N) is 1. The Morgan fingerprint density at radius 2 is 2.10 bits per heavy atom. The third-order valence-corrected chi connectivity index (χ3v) is 4.17. The largest absolute Gasteiger partial charge is 0.391 e. The zero-order valence-corrected chi connectivity index (χ0v) is 13.5. The van der Waals surface area contributed by atoms with E-state index < -0.39 is 6.10 Å². The average molecular weight is 313 g/mol. The van der Waals surface area contributed by atoms with Crippen molar-refractivity contribution in [1.29, 1.82) is 0 Å². The van der Waals surface area contributed by atoms with Crippen molar-refractivity contribution < 1.29 is 9.90 Å². The predicted octanol–water partition coefficient (Wildman–Crippen LogP) is 2.01. The fraction of sp³-hybridized carbons (Fsp3) is 0.533. The molecule has 0 aliphatic rings. The van der Waals surface area contributed by atoms with Crippen molar-refractivity contribution in [2.24, 2.45) is 5.92 Å². The summed E-state index contributed by atoms with van der Waals surface area (Å²) < 4.78 is 0. The van der Waals surface area contributed by atoms with Crippen molar-refractivity contribution in [3.8, 4) is 0 Å². The molecule has 1 rings (SSSR count). The SMILES string of the molecule is CSCC[C@@H](O)CNC(=O)[C@H](CS)Cc1ccccc1. The lowest BCUT2D eigenvalue weighted by molar-refractivity contribution is -0.124. The topological polar surface area (TPSA) is 49.3 Å². The molecule has 1 aromatic rings. The van der Waals surface area contributed by atoms with Gasteiger partial charge in [-0.05, 0) is 30.4 Å². The summed E-state index contributed by atoms with van der Waals surface area (Å²) in [6.07, 6.45) is 2.91. The highest BCUT2D eigenvalue weighted by Gasteiger charge is 2.18. The van der Waals surface area contributed by atoms with Crippen LogP contribution in [0.4, 0.5) is 0 Å². The molecule has 112 valence electrons. The molecule has 3 nitrogen and oxygen atoms in total. The van der Waals surface area contributed by atoms with Crippen LogP contribution in [0.25, 0.3) is 0 Å². The molecule has 5 heteroatoms. The number of thioether (sulfide) groups is 1. The van der Waals surface area contributed by atoms with Crippen LogP contribution in [-0.2, 0) is 11.2 Å². The van der Waals surface area contributed by atoms with Gasteiger partial charge in [-0.15, -0.1) is 0 Å². The van der Waals surface area contributed by atoms with Gasteiger partial charge in [0.1, 0.15) is 0 Å². The number of aliphatic hydroxyl groups excluding tert-OH is 1. The minimum Gasteiger partial charge on any atom is -0.391 e. The van der Waals surface area contributed by atoms with Crippen LogP contribution in [-0.4, -0.2) is 41.4 Å². The van der Waals surface area contributed by atoms with Gasteiger partial charge in [0, 0.05) is 12.3 Å². The van der Waals surface area contributed by atoms with Crippen molar-refractivity contribution in [1.82, 2.24) is 5.32 Å². The number of amides is 1. The molecule has 1 aromatic carbocycles. The Bertz CT molecular complexity index is 387. The zero-order chi connectivity index (χ0) is 14.8. The summed E-state index contributed by atoms with van der Waals surface area (Å²) in [5, 5.41) is 12.5. The van der Waals surface area contributed by atoms with Crippen LogP contribution in [0.15, 0.2) is 30.3 Å². The molecule has 0 fully saturated rings. The van der Waals surface area contributed by atoms with Gasteiger partial charge in [0.2, 0.25) is 5.91 Å². The Kier molecular flexibility index (Phi) is 8.82. The van der Waals surface area contributed by atoms with Crippen LogP contribution in [0.1, 0.15) is 12.0 Å². The highest BCUT2D eigenvalue weighted by Crippen LogP contribution is 2.10. The van der Waals surface area contributed by atoms with Gasteiger partial charge in [-0.1, -0.05) is 30.3 Å². The van der Waals surface area contributed by atoms with Gasteiger partial charge in [-0.25, -0.2) is 0 Å². The minimum atomic E-state index is -0.469. The fourth-order valence-corrected chi connectivity index (χ4v) is 2.66. The fourth-order valence-electron chi connectivity index (χ4n) is 1.86. The molecular weight excluding hydrogens is 290 g/mol. The molecule has 0 radical (unpaired) electrons. The first-order valence-electron chi connectivity index (χ1n) is 6.76. The highest BCUT2D eigenvalue weighted by molar-refractivity contribution is 7.98. The number of rotatable bonds is 9. The first-order chi connectivity index (χ1) is 9.67. The second-order valence-electron chi connectivity index (χ2n) is 4.75. The first kappa shape index (κ1) is 17.4. The van der Waals surface area contributed by atoms with E-state index in [0.29, 0.717) is 25.1 Å². The van der Waals surface area contributed by atoms with Crippen molar-refractivity contribution in [3.05, 3.63) is 35.9 Å². The summed E-state index contributed by atoms with van der Waals surface area (Å²) in [5.41, 5.74) is 1.13. The number of thiol groups is 1. The van der Waals surface area contributed by atoms with E-state index >= 15 is 0 Å². The lowest BCUT2D eigenvalue weighted by Gasteiger charge is -2.17. The maximum atomic E-state index is 12.1. The standard InChI is InChI=1S/C15H23NO2S2/c1-20-8-7-14(17)10-16-15(18)13(11-19)9-12-5-3-2-4-6-12/h2-6,13-14,17,19H,7-11H2,1H3,(H,16,18)/t13-,14+/m0/s1. The third-order valence-electron chi connectivity index (χ3n) is 3.08. The van der Waals surface area contributed by atoms with E-state index in [1.807, 2.05) is 36.6 Å². The van der Waals surface area contributed by atoms with Crippen LogP contribution in [0.3, 0.4) is 0 Å². The summed E-state index contributed by atoms with van der Waals surface area (Å²) in [6, 6.07) is 9.92. The van der Waals surface area contributed by atoms with Crippen molar-refractivity contribution in [3.63, 3.8) is 0 Å². The number of carbonyl (C=O) groups is 1. The lowest BCUT2D eigenvalue weighted by Crippen LogP contribution is -2.38. The quantitative estimate of drug-likeness (QED) is 0.611. The molecule has 0 aromatic heterocycles. The normalized spacial score (nSPS) is 13.8. The Hall–Kier alpha value is -0.650. The minimum absolute atomic E-state index is 0.0351. The van der Waals surface area contributed by atoms with Gasteiger partial charge in [-0.3, -0.25) is 4.79 Å². The van der Waals surface area contributed by atoms with Crippen LogP contribution in [0.5, 0.6) is 0 Å². The van der Waals surface area contributed by atoms with E-state index in [9.17, 15) is 9.90 Å². The van der Waals surface area contributed by atoms with Crippen LogP contribution in [0, 0.1) is 5.92 Å². The van der Waals surface area contributed by atoms with Crippen molar-refractivity contribution >= 4 is 30.3 Å². The monoisotopic (exact) mass is 313 g/mol. The number of hydrogen-bond donors (Lipinski definition) is 3. The number of hydrogen-bond acceptors (Lipinski definition) is 4. The molecule has 2 N–H and O–H groups in total. The molecule has 2 atom stereocenters. The van der Waals surface area contributed by atoms with Gasteiger partial charge >= 0.3 is 0 Å². The Labute approximate surface area is 130 Å². The molecule has 0 bridgehead atoms. The van der Waals surface area contributed by atoms with E-state index in [1.165, 1.54) is 0 Å². The van der Waals surface area contributed by atoms with E-state index in [2.05, 4.69) is 17.9 Å². The van der Waals surface area contributed by atoms with E-state index in [0.717, 1.165) is 11.3 Å². The Morgan fingerprint density at radius 3 is 2.70 bits per heavy atom. The zero-order valence-electron chi connectivity index (χ0n) is 11.8. The Balaban J connectivity index is 2.39. The maximum Gasteiger partial charge on any atom is 0.224 e. The molecule has 0 saturated carbocycles. The number of aliphatic hydroxyl groups is 1. The van der Waals surface area contributed by atoms with E-state index in [-0.39, 0.29) is 11.8 Å². The third kappa shape index (κ3) is 6.68. The van der Waals surface area contributed by atoms with Crippen molar-refractivity contribution in [2.45, 2.75) is 18.9 Å². The van der Waals surface area contributed by atoms with Gasteiger partial charge < -0.3 is 10.4 Å². The van der Waals surface area contributed by atoms with E-state index in [4.69, 9.17) is 0 Å². The summed E-state index contributed by atoms with van der Waals surface area (Å²) >= 11 is 5.95. The second kappa shape index (κ2) is 10.1. The van der Waals surface area contributed by atoms with Crippen LogP contribution >= 0.6 is 24.4 Å². The van der Waals surface area contributed by atoms with Crippen LogP contribution in [0.2, 0.25) is 0 Å². The summed E-state index contributed by atoms with van der Waals surface area (Å²) in [5.74, 6) is 1.21. The first-order valence-corrected chi connectivity index (χ1v) is 8.79. The molecular formula is C15H23NO2S2. The van der Waals surface area contributed by atoms with Crippen molar-refractivity contribution in [2.75, 3.05) is 24.3 Å². The molecule has 0 heterocycles. The lowest BCUT2D eigenvalue weighted by atomic mass is 10.00. The molecule has 0 saturated heterocycles. The van der Waals surface area contributed by atoms with Gasteiger partial charge in [0.25, 0.3) is 0 Å². The average Bonchev–Trinajstić information content (AvgIpc) is 2.49. The maximum absolute atomic E-state index is 12.1. The summed E-state index contributed by atoms with van der Waals surface area (Å²) in [4.78, 5) is 12.1. The van der Waals surface area contributed by atoms with E-state index in [1.54, 1.807) is 11.8 Å². The van der Waals surface area contributed by atoms with Gasteiger partial charge in [-0.2, -0.15) is 24.4 Å². The van der Waals surface area contributed by atoms with Gasteiger partial charge in [0.15, 0.2) is 0 Å². The molecule has 20 heavy (non-hydrogen) atoms. The smallest absolute Gasteiger partial charge is 0.224 e. The predicted molar refractivity (Wildman–Crippen MR) is 89.5 cm³/mol. The molecule has 0 unspecified atom stereocenters. The molecule has 0 aliphatic carbocycles. The Morgan fingerprint density at radius 1 is 1.40 bits per heavy atom. The second-order valence-corrected chi connectivity index (χ2v) is 6.10. The summed E-state index contributed by atoms with van der Waals surface area (Å²) in [6.45, 7) is 0.318. The molecule has 1 amide bonds. The highest BCUT2D eigenvalue weighted by atomic mass is 32.2. The molecule has 0 aliphatic heterocycles. The van der Waals surface area contributed by atoms with Crippen LogP contribution < -0.4 is 5.32 Å². The molecule has 0 spiro atoms. The number of benzene rings is 1. The summed E-state index contributed by atoms with van der Waals surface area (Å²) in [7, 11) is 0.